The molecular weight excluding hydrogens is 275 g/mol. The van der Waals surface area contributed by atoms with Crippen LogP contribution in [-0.4, -0.2) is 62.9 Å². The number of nitrogens with zero attached hydrogens (tertiary/aromatic N) is 1. The van der Waals surface area contributed by atoms with Crippen LogP contribution < -0.4 is 0 Å². The van der Waals surface area contributed by atoms with Gasteiger partial charge in [0.15, 0.2) is 0 Å². The molecule has 0 spiro atoms. The van der Waals surface area contributed by atoms with Gasteiger partial charge in [-0.3, -0.25) is 4.79 Å². The summed E-state index contributed by atoms with van der Waals surface area (Å²) in [6.07, 6.45) is -4.47. The van der Waals surface area contributed by atoms with Crippen LogP contribution in [0.3, 0.4) is 0 Å². The van der Waals surface area contributed by atoms with E-state index in [1.807, 2.05) is 0 Å². The Balaban J connectivity index is 3.87. The van der Waals surface area contributed by atoms with Gasteiger partial charge >= 0.3 is 6.18 Å². The highest BCUT2D eigenvalue weighted by atomic mass is 35.5. The number of halogens is 4. The molecule has 0 fully saturated rings. The number of ether oxygens (including phenoxy) is 2. The summed E-state index contributed by atoms with van der Waals surface area (Å²) in [6.45, 7) is -0.547. The Hall–Kier alpha value is -0.530. The molecule has 0 atom stereocenters. The fourth-order valence-electron chi connectivity index (χ4n) is 1.17. The maximum absolute atomic E-state index is 11.8. The second-order valence-electron chi connectivity index (χ2n) is 3.48. The Bertz CT molecular complexity index is 239. The fourth-order valence-corrected chi connectivity index (χ4v) is 1.37. The van der Waals surface area contributed by atoms with Gasteiger partial charge in [-0.1, -0.05) is 0 Å². The Morgan fingerprint density at radius 2 is 1.94 bits per heavy atom. The van der Waals surface area contributed by atoms with Gasteiger partial charge in [0.05, 0.1) is 19.6 Å². The van der Waals surface area contributed by atoms with Crippen molar-refractivity contribution in [1.29, 1.82) is 0 Å². The van der Waals surface area contributed by atoms with E-state index in [-0.39, 0.29) is 24.8 Å². The summed E-state index contributed by atoms with van der Waals surface area (Å²) in [5.41, 5.74) is 0. The molecule has 0 heterocycles. The molecule has 18 heavy (non-hydrogen) atoms. The normalized spacial score (nSPS) is 11.6. The smallest absolute Gasteiger partial charge is 0.383 e. The van der Waals surface area contributed by atoms with Gasteiger partial charge in [-0.2, -0.15) is 13.2 Å². The summed E-state index contributed by atoms with van der Waals surface area (Å²) in [6, 6.07) is 0. The largest absolute Gasteiger partial charge is 0.411 e. The highest BCUT2D eigenvalue weighted by molar-refractivity contribution is 6.18. The van der Waals surface area contributed by atoms with Crippen molar-refractivity contribution in [2.24, 2.45) is 0 Å². The number of alkyl halides is 4. The van der Waals surface area contributed by atoms with E-state index in [1.165, 1.54) is 12.0 Å². The van der Waals surface area contributed by atoms with Crippen molar-refractivity contribution in [1.82, 2.24) is 4.90 Å². The molecule has 0 aliphatic carbocycles. The molecule has 0 aromatic carbocycles. The van der Waals surface area contributed by atoms with E-state index < -0.39 is 12.8 Å². The Morgan fingerprint density at radius 3 is 2.44 bits per heavy atom. The third-order valence-corrected chi connectivity index (χ3v) is 2.17. The predicted octanol–water partition coefficient (Wildman–Crippen LogP) is 1.67. The molecule has 0 aromatic rings. The first kappa shape index (κ1) is 17.5. The van der Waals surface area contributed by atoms with Crippen LogP contribution in [0.15, 0.2) is 0 Å². The fraction of sp³-hybridized carbons (Fsp3) is 0.900. The van der Waals surface area contributed by atoms with Gasteiger partial charge in [-0.25, -0.2) is 0 Å². The monoisotopic (exact) mass is 291 g/mol. The molecule has 4 nitrogen and oxygen atoms in total. The number of hydrogen-bond donors (Lipinski definition) is 0. The van der Waals surface area contributed by atoms with Crippen molar-refractivity contribution in [3.8, 4) is 0 Å². The van der Waals surface area contributed by atoms with Crippen molar-refractivity contribution in [2.75, 3.05) is 45.9 Å². The van der Waals surface area contributed by atoms with Crippen molar-refractivity contribution in [3.05, 3.63) is 0 Å². The van der Waals surface area contributed by atoms with Gasteiger partial charge in [0, 0.05) is 26.1 Å². The predicted molar refractivity (Wildman–Crippen MR) is 60.7 cm³/mol. The molecule has 108 valence electrons. The average molecular weight is 292 g/mol. The van der Waals surface area contributed by atoms with E-state index in [0.29, 0.717) is 19.7 Å². The lowest BCUT2D eigenvalue weighted by Crippen LogP contribution is -2.36. The zero-order valence-corrected chi connectivity index (χ0v) is 10.9. The lowest BCUT2D eigenvalue weighted by molar-refractivity contribution is -0.175. The summed E-state index contributed by atoms with van der Waals surface area (Å²) >= 11 is 5.53. The van der Waals surface area contributed by atoms with Crippen molar-refractivity contribution in [3.63, 3.8) is 0 Å². The summed E-state index contributed by atoms with van der Waals surface area (Å²) < 4.78 is 44.5. The minimum atomic E-state index is -4.37. The van der Waals surface area contributed by atoms with Crippen LogP contribution >= 0.6 is 11.6 Å². The van der Waals surface area contributed by atoms with Gasteiger partial charge in [-0.05, 0) is 0 Å². The number of amides is 1. The Labute approximate surface area is 109 Å². The van der Waals surface area contributed by atoms with E-state index in [2.05, 4.69) is 4.74 Å². The molecular formula is C10H17ClF3NO3. The Morgan fingerprint density at radius 1 is 1.28 bits per heavy atom. The maximum atomic E-state index is 11.8. The standard InChI is InChI=1S/C10H17ClF3NO3/c1-17-7-5-15(4-3-11)9(16)2-6-18-8-10(12,13)14/h2-8H2,1H3. The number of hydrogen-bond acceptors (Lipinski definition) is 3. The van der Waals surface area contributed by atoms with Crippen LogP contribution in [0.1, 0.15) is 6.42 Å². The molecule has 0 N–H and O–H groups in total. The SMILES string of the molecule is COCCN(CCCl)C(=O)CCOCC(F)(F)F. The third-order valence-electron chi connectivity index (χ3n) is 2.00. The first-order valence-electron chi connectivity index (χ1n) is 5.38. The lowest BCUT2D eigenvalue weighted by Gasteiger charge is -2.21. The van der Waals surface area contributed by atoms with Gasteiger partial charge in [0.25, 0.3) is 0 Å². The lowest BCUT2D eigenvalue weighted by atomic mass is 10.3. The van der Waals surface area contributed by atoms with Crippen LogP contribution in [0.4, 0.5) is 13.2 Å². The number of rotatable bonds is 9. The van der Waals surface area contributed by atoms with Gasteiger partial charge in [0.1, 0.15) is 6.61 Å². The van der Waals surface area contributed by atoms with Crippen LogP contribution in [0, 0.1) is 0 Å². The van der Waals surface area contributed by atoms with Crippen molar-refractivity contribution < 1.29 is 27.4 Å². The molecule has 0 saturated heterocycles. The van der Waals surface area contributed by atoms with E-state index in [1.54, 1.807) is 0 Å². The van der Waals surface area contributed by atoms with E-state index in [0.717, 1.165) is 0 Å². The number of carbonyl (C=O) groups excluding carboxylic acids is 1. The summed E-state index contributed by atoms with van der Waals surface area (Å²) in [7, 11) is 1.50. The quantitative estimate of drug-likeness (QED) is 0.479. The summed E-state index contributed by atoms with van der Waals surface area (Å²) in [4.78, 5) is 13.1. The molecule has 0 aromatic heterocycles. The molecule has 0 saturated carbocycles. The minimum absolute atomic E-state index is 0.101. The van der Waals surface area contributed by atoms with Crippen molar-refractivity contribution >= 4 is 17.5 Å². The van der Waals surface area contributed by atoms with Crippen LogP contribution in [0.2, 0.25) is 0 Å². The highest BCUT2D eigenvalue weighted by Gasteiger charge is 2.27. The third kappa shape index (κ3) is 9.49. The minimum Gasteiger partial charge on any atom is -0.383 e. The number of methoxy groups -OCH3 is 1. The average Bonchev–Trinajstić information content (AvgIpc) is 2.28. The molecule has 8 heteroatoms. The van der Waals surface area contributed by atoms with Gasteiger partial charge in [0.2, 0.25) is 5.91 Å². The summed E-state index contributed by atoms with van der Waals surface area (Å²) in [5.74, 6) is -0.0337. The van der Waals surface area contributed by atoms with Crippen molar-refractivity contribution in [2.45, 2.75) is 12.6 Å². The zero-order valence-electron chi connectivity index (χ0n) is 10.1. The summed E-state index contributed by atoms with van der Waals surface area (Å²) in [5, 5.41) is 0. The molecule has 0 aliphatic rings. The van der Waals surface area contributed by atoms with E-state index in [4.69, 9.17) is 16.3 Å². The first-order valence-corrected chi connectivity index (χ1v) is 5.91. The second-order valence-corrected chi connectivity index (χ2v) is 3.86. The first-order chi connectivity index (χ1) is 8.40. The molecule has 0 aliphatic heterocycles. The topological polar surface area (TPSA) is 38.8 Å². The van der Waals surface area contributed by atoms with Crippen LogP contribution in [0.25, 0.3) is 0 Å². The highest BCUT2D eigenvalue weighted by Crippen LogP contribution is 2.14. The van der Waals surface area contributed by atoms with Gasteiger partial charge in [-0.15, -0.1) is 11.6 Å². The molecule has 0 rings (SSSR count). The van der Waals surface area contributed by atoms with Gasteiger partial charge < -0.3 is 14.4 Å². The molecule has 1 amide bonds. The maximum Gasteiger partial charge on any atom is 0.411 e. The number of carbonyl (C=O) groups is 1. The Kier molecular flexibility index (Phi) is 9.13. The molecule has 0 unspecified atom stereocenters. The van der Waals surface area contributed by atoms with E-state index in [9.17, 15) is 18.0 Å². The molecule has 0 radical (unpaired) electrons. The van der Waals surface area contributed by atoms with E-state index >= 15 is 0 Å². The second kappa shape index (κ2) is 9.41. The van der Waals surface area contributed by atoms with Crippen LogP contribution in [-0.2, 0) is 14.3 Å². The van der Waals surface area contributed by atoms with Crippen LogP contribution in [0.5, 0.6) is 0 Å². The molecule has 0 bridgehead atoms. The zero-order chi connectivity index (χ0) is 14.0.